The molecule has 3 saturated carbocycles. The summed E-state index contributed by atoms with van der Waals surface area (Å²) < 4.78 is 7.05. The number of fused-ring (bicyclic) bond motifs is 1. The van der Waals surface area contributed by atoms with Crippen molar-refractivity contribution in [3.05, 3.63) is 42.4 Å². The molecule has 6 nitrogen and oxygen atoms in total. The lowest BCUT2D eigenvalue weighted by molar-refractivity contribution is -0.161. The average Bonchev–Trinajstić information content (AvgIpc) is 3.44. The molecule has 148 valence electrons. The van der Waals surface area contributed by atoms with Gasteiger partial charge in [0.2, 0.25) is 0 Å². The largest absolute Gasteiger partial charge is 0.469 e. The maximum Gasteiger partial charge on any atom is 0.308 e. The molecule has 3 aromatic rings. The van der Waals surface area contributed by atoms with E-state index in [0.717, 1.165) is 48.0 Å². The van der Waals surface area contributed by atoms with Gasteiger partial charge in [-0.1, -0.05) is 12.1 Å². The third-order valence-electron chi connectivity index (χ3n) is 7.05. The number of hydrogen-bond acceptors (Lipinski definition) is 5. The highest BCUT2D eigenvalue weighted by molar-refractivity contribution is 5.77. The lowest BCUT2D eigenvalue weighted by Crippen LogP contribution is -2.50. The fourth-order valence-electron chi connectivity index (χ4n) is 5.31. The van der Waals surface area contributed by atoms with E-state index in [4.69, 9.17) is 14.8 Å². The van der Waals surface area contributed by atoms with Crippen LogP contribution in [0.2, 0.25) is 0 Å². The van der Waals surface area contributed by atoms with Gasteiger partial charge in [-0.05, 0) is 56.1 Å². The number of esters is 1. The number of carbonyl (C=O) groups is 1. The molecule has 0 aliphatic heterocycles. The van der Waals surface area contributed by atoms with Gasteiger partial charge in [0, 0.05) is 17.7 Å². The summed E-state index contributed by atoms with van der Waals surface area (Å²) in [4.78, 5) is 21.2. The van der Waals surface area contributed by atoms with Crippen LogP contribution >= 0.6 is 0 Å². The SMILES string of the molecule is COC(=O)C1CC2(C1)CC(n1cc(-c3cnc4ccccc4n3)c(C3CC3)n1)C2. The molecule has 3 aliphatic rings. The molecule has 6 heteroatoms. The van der Waals surface area contributed by atoms with E-state index in [1.807, 2.05) is 30.5 Å². The standard InChI is InChI=1S/C23H24N4O2/c1-29-22(28)15-8-23(9-15)10-16(11-23)27-13-17(21(26-27)14-6-7-14)20-12-24-18-4-2-3-5-19(18)25-20/h2-5,12-16H,6-11H2,1H3. The molecule has 3 aliphatic carbocycles. The number of benzene rings is 1. The summed E-state index contributed by atoms with van der Waals surface area (Å²) in [5.41, 5.74) is 5.40. The minimum Gasteiger partial charge on any atom is -0.469 e. The molecule has 2 aromatic heterocycles. The Kier molecular flexibility index (Phi) is 3.61. The zero-order chi connectivity index (χ0) is 19.6. The van der Waals surface area contributed by atoms with Crippen LogP contribution in [0.15, 0.2) is 36.7 Å². The second-order valence-electron chi connectivity index (χ2n) is 9.12. The molecular weight excluding hydrogens is 364 g/mol. The van der Waals surface area contributed by atoms with E-state index in [1.54, 1.807) is 0 Å². The number of hydrogen-bond donors (Lipinski definition) is 0. The predicted molar refractivity (Wildman–Crippen MR) is 108 cm³/mol. The van der Waals surface area contributed by atoms with Crippen LogP contribution in [0.3, 0.4) is 0 Å². The van der Waals surface area contributed by atoms with Crippen LogP contribution in [0, 0.1) is 11.3 Å². The van der Waals surface area contributed by atoms with Gasteiger partial charge in [-0.15, -0.1) is 0 Å². The Balaban J connectivity index is 1.25. The lowest BCUT2D eigenvalue weighted by Gasteiger charge is -2.56. The molecule has 0 radical (unpaired) electrons. The second-order valence-corrected chi connectivity index (χ2v) is 9.12. The molecule has 29 heavy (non-hydrogen) atoms. The van der Waals surface area contributed by atoms with Crippen molar-refractivity contribution in [2.45, 2.75) is 50.5 Å². The van der Waals surface area contributed by atoms with Crippen LogP contribution < -0.4 is 0 Å². The number of para-hydroxylation sites is 2. The van der Waals surface area contributed by atoms with Gasteiger partial charge in [0.15, 0.2) is 0 Å². The molecule has 0 amide bonds. The van der Waals surface area contributed by atoms with Crippen LogP contribution in [0.4, 0.5) is 0 Å². The number of nitrogens with zero attached hydrogens (tertiary/aromatic N) is 4. The van der Waals surface area contributed by atoms with Crippen molar-refractivity contribution in [2.24, 2.45) is 11.3 Å². The molecule has 0 saturated heterocycles. The maximum atomic E-state index is 11.7. The number of rotatable bonds is 4. The monoisotopic (exact) mass is 388 g/mol. The van der Waals surface area contributed by atoms with Gasteiger partial charge in [0.05, 0.1) is 47.7 Å². The Hall–Kier alpha value is -2.76. The smallest absolute Gasteiger partial charge is 0.308 e. The topological polar surface area (TPSA) is 69.9 Å². The maximum absolute atomic E-state index is 11.7. The van der Waals surface area contributed by atoms with Crippen LogP contribution in [-0.2, 0) is 9.53 Å². The number of methoxy groups -OCH3 is 1. The first kappa shape index (κ1) is 17.1. The quantitative estimate of drug-likeness (QED) is 0.624. The molecule has 1 aromatic carbocycles. The summed E-state index contributed by atoms with van der Waals surface area (Å²) in [5.74, 6) is 0.608. The number of carbonyl (C=O) groups excluding carboxylic acids is 1. The van der Waals surface area contributed by atoms with E-state index in [9.17, 15) is 4.79 Å². The molecule has 1 spiro atoms. The Morgan fingerprint density at radius 3 is 2.62 bits per heavy atom. The summed E-state index contributed by atoms with van der Waals surface area (Å²) in [6.07, 6.45) is 10.6. The zero-order valence-electron chi connectivity index (χ0n) is 16.5. The third kappa shape index (κ3) is 2.76. The first-order valence-corrected chi connectivity index (χ1v) is 10.5. The molecular formula is C23H24N4O2. The summed E-state index contributed by atoms with van der Waals surface area (Å²) in [6, 6.07) is 8.41. The summed E-state index contributed by atoms with van der Waals surface area (Å²) in [6.45, 7) is 0. The summed E-state index contributed by atoms with van der Waals surface area (Å²) >= 11 is 0. The van der Waals surface area contributed by atoms with Gasteiger partial charge in [0.25, 0.3) is 0 Å². The number of ether oxygens (including phenoxy) is 1. The third-order valence-corrected chi connectivity index (χ3v) is 7.05. The normalized spacial score (nSPS) is 28.2. The Morgan fingerprint density at radius 1 is 1.14 bits per heavy atom. The van der Waals surface area contributed by atoms with Crippen molar-refractivity contribution < 1.29 is 9.53 Å². The van der Waals surface area contributed by atoms with E-state index >= 15 is 0 Å². The van der Waals surface area contributed by atoms with Crippen LogP contribution in [0.5, 0.6) is 0 Å². The Labute approximate surface area is 169 Å². The van der Waals surface area contributed by atoms with Crippen molar-refractivity contribution in [1.82, 2.24) is 19.7 Å². The highest BCUT2D eigenvalue weighted by Crippen LogP contribution is 2.63. The first-order valence-electron chi connectivity index (χ1n) is 10.5. The van der Waals surface area contributed by atoms with Gasteiger partial charge in [-0.25, -0.2) is 4.98 Å². The van der Waals surface area contributed by atoms with Gasteiger partial charge in [-0.2, -0.15) is 5.10 Å². The molecule has 0 N–H and O–H groups in total. The van der Waals surface area contributed by atoms with Gasteiger partial charge in [-0.3, -0.25) is 14.5 Å². The summed E-state index contributed by atoms with van der Waals surface area (Å²) in [5, 5.41) is 5.00. The van der Waals surface area contributed by atoms with Crippen molar-refractivity contribution in [2.75, 3.05) is 7.11 Å². The zero-order valence-corrected chi connectivity index (χ0v) is 16.5. The molecule has 0 atom stereocenters. The van der Waals surface area contributed by atoms with E-state index in [-0.39, 0.29) is 11.9 Å². The minimum absolute atomic E-state index is 0.0497. The van der Waals surface area contributed by atoms with E-state index < -0.39 is 0 Å². The van der Waals surface area contributed by atoms with Crippen molar-refractivity contribution in [1.29, 1.82) is 0 Å². The van der Waals surface area contributed by atoms with Gasteiger partial charge < -0.3 is 4.74 Å². The number of aromatic nitrogens is 4. The Bertz CT molecular complexity index is 1100. The van der Waals surface area contributed by atoms with E-state index in [2.05, 4.69) is 15.9 Å². The minimum atomic E-state index is -0.0497. The van der Waals surface area contributed by atoms with Crippen molar-refractivity contribution >= 4 is 17.0 Å². The summed E-state index contributed by atoms with van der Waals surface area (Å²) in [7, 11) is 1.48. The van der Waals surface area contributed by atoms with E-state index in [0.29, 0.717) is 17.4 Å². The molecule has 6 rings (SSSR count). The van der Waals surface area contributed by atoms with Crippen LogP contribution in [0.25, 0.3) is 22.3 Å². The van der Waals surface area contributed by atoms with E-state index in [1.165, 1.54) is 25.6 Å². The molecule has 0 bridgehead atoms. The predicted octanol–water partition coefficient (Wildman–Crippen LogP) is 4.28. The molecule has 3 fully saturated rings. The van der Waals surface area contributed by atoms with Crippen LogP contribution in [-0.4, -0.2) is 32.8 Å². The molecule has 0 unspecified atom stereocenters. The molecule has 2 heterocycles. The van der Waals surface area contributed by atoms with Crippen molar-refractivity contribution in [3.63, 3.8) is 0 Å². The highest BCUT2D eigenvalue weighted by Gasteiger charge is 2.56. The van der Waals surface area contributed by atoms with Gasteiger partial charge >= 0.3 is 5.97 Å². The second kappa shape index (κ2) is 6.12. The lowest BCUT2D eigenvalue weighted by atomic mass is 9.50. The fraction of sp³-hybridized carbons (Fsp3) is 0.478. The van der Waals surface area contributed by atoms with Gasteiger partial charge in [0.1, 0.15) is 0 Å². The Morgan fingerprint density at radius 2 is 1.90 bits per heavy atom. The van der Waals surface area contributed by atoms with Crippen molar-refractivity contribution in [3.8, 4) is 11.3 Å². The highest BCUT2D eigenvalue weighted by atomic mass is 16.5. The first-order chi connectivity index (χ1) is 14.1. The average molecular weight is 388 g/mol. The van der Waals surface area contributed by atoms with Crippen LogP contribution in [0.1, 0.15) is 56.2 Å². The fourth-order valence-corrected chi connectivity index (χ4v) is 5.31.